The standard InChI is InChI=1S/C6H11N5O2/c1-11(2-3-12)6(13)4-5(7)9-10-8-4/h12H,2-3H2,1H3,(H3,7,8,9,10). The van der Waals surface area contributed by atoms with E-state index in [1.54, 1.807) is 7.05 Å². The normalized spacial score (nSPS) is 10.0. The van der Waals surface area contributed by atoms with Gasteiger partial charge in [0.1, 0.15) is 0 Å². The van der Waals surface area contributed by atoms with Crippen LogP contribution in [0, 0.1) is 0 Å². The van der Waals surface area contributed by atoms with Crippen molar-refractivity contribution in [3.05, 3.63) is 5.69 Å². The van der Waals surface area contributed by atoms with Gasteiger partial charge in [-0.25, -0.2) is 0 Å². The zero-order valence-corrected chi connectivity index (χ0v) is 7.19. The first-order chi connectivity index (χ1) is 6.16. The Balaban J connectivity index is 2.73. The van der Waals surface area contributed by atoms with E-state index in [0.29, 0.717) is 0 Å². The topological polar surface area (TPSA) is 108 Å². The van der Waals surface area contributed by atoms with E-state index in [9.17, 15) is 4.79 Å². The average molecular weight is 185 g/mol. The van der Waals surface area contributed by atoms with Gasteiger partial charge in [-0.15, -0.1) is 10.2 Å². The number of aromatic nitrogens is 3. The smallest absolute Gasteiger partial charge is 0.278 e. The highest BCUT2D eigenvalue weighted by Crippen LogP contribution is 2.04. The number of H-pyrrole nitrogens is 1. The van der Waals surface area contributed by atoms with Gasteiger partial charge in [0.05, 0.1) is 6.61 Å². The van der Waals surface area contributed by atoms with Crippen LogP contribution in [0.5, 0.6) is 0 Å². The maximum absolute atomic E-state index is 11.4. The van der Waals surface area contributed by atoms with Gasteiger partial charge in [0.25, 0.3) is 5.91 Å². The van der Waals surface area contributed by atoms with Crippen LogP contribution in [-0.4, -0.2) is 51.5 Å². The van der Waals surface area contributed by atoms with Crippen molar-refractivity contribution in [1.29, 1.82) is 0 Å². The van der Waals surface area contributed by atoms with E-state index in [0.717, 1.165) is 0 Å². The molecule has 4 N–H and O–H groups in total. The number of nitrogen functional groups attached to an aromatic ring is 1. The van der Waals surface area contributed by atoms with E-state index in [1.165, 1.54) is 4.90 Å². The maximum Gasteiger partial charge on any atom is 0.278 e. The lowest BCUT2D eigenvalue weighted by atomic mass is 10.4. The fraction of sp³-hybridized carbons (Fsp3) is 0.500. The Morgan fingerprint density at radius 1 is 1.69 bits per heavy atom. The molecule has 72 valence electrons. The lowest BCUT2D eigenvalue weighted by Gasteiger charge is -2.13. The molecule has 1 amide bonds. The molecule has 1 aromatic heterocycles. The van der Waals surface area contributed by atoms with Crippen LogP contribution in [0.3, 0.4) is 0 Å². The molecule has 1 aromatic rings. The number of carbonyl (C=O) groups is 1. The zero-order chi connectivity index (χ0) is 9.84. The molecule has 1 heterocycles. The van der Waals surface area contributed by atoms with Crippen molar-refractivity contribution in [2.45, 2.75) is 0 Å². The molecule has 0 saturated carbocycles. The molecule has 0 saturated heterocycles. The Labute approximate surface area is 74.5 Å². The second-order valence-corrected chi connectivity index (χ2v) is 2.51. The van der Waals surface area contributed by atoms with Gasteiger partial charge in [0, 0.05) is 13.6 Å². The van der Waals surface area contributed by atoms with Gasteiger partial charge in [0.2, 0.25) is 0 Å². The monoisotopic (exact) mass is 185 g/mol. The zero-order valence-electron chi connectivity index (χ0n) is 7.19. The molecule has 0 aliphatic carbocycles. The molecule has 7 nitrogen and oxygen atoms in total. The Morgan fingerprint density at radius 3 is 2.85 bits per heavy atom. The molecule has 0 radical (unpaired) electrons. The Morgan fingerprint density at radius 2 is 2.38 bits per heavy atom. The second-order valence-electron chi connectivity index (χ2n) is 2.51. The Hall–Kier alpha value is -1.63. The Bertz CT molecular complexity index is 297. The van der Waals surface area contributed by atoms with Crippen molar-refractivity contribution in [3.63, 3.8) is 0 Å². The number of rotatable bonds is 3. The molecule has 0 atom stereocenters. The summed E-state index contributed by atoms with van der Waals surface area (Å²) in [5.74, 6) is -0.296. The van der Waals surface area contributed by atoms with Crippen LogP contribution in [0.25, 0.3) is 0 Å². The summed E-state index contributed by atoms with van der Waals surface area (Å²) in [6, 6.07) is 0. The second kappa shape index (κ2) is 3.85. The first kappa shape index (κ1) is 9.46. The number of hydrogen-bond acceptors (Lipinski definition) is 5. The fourth-order valence-electron chi connectivity index (χ4n) is 0.829. The number of aliphatic hydroxyl groups is 1. The Kier molecular flexibility index (Phi) is 2.80. The van der Waals surface area contributed by atoms with Crippen molar-refractivity contribution in [2.75, 3.05) is 25.9 Å². The number of amides is 1. The van der Waals surface area contributed by atoms with Crippen LogP contribution < -0.4 is 5.73 Å². The van der Waals surface area contributed by atoms with Gasteiger partial charge in [-0.05, 0) is 0 Å². The summed E-state index contributed by atoms with van der Waals surface area (Å²) >= 11 is 0. The number of nitrogens with zero attached hydrogens (tertiary/aromatic N) is 3. The molecular weight excluding hydrogens is 174 g/mol. The lowest BCUT2D eigenvalue weighted by Crippen LogP contribution is -2.30. The van der Waals surface area contributed by atoms with Crippen LogP contribution in [-0.2, 0) is 0 Å². The van der Waals surface area contributed by atoms with Gasteiger partial charge < -0.3 is 15.7 Å². The minimum absolute atomic E-state index is 0.0646. The summed E-state index contributed by atoms with van der Waals surface area (Å²) in [5, 5.41) is 17.9. The number of carbonyl (C=O) groups excluding carboxylic acids is 1. The van der Waals surface area contributed by atoms with Crippen molar-refractivity contribution in [2.24, 2.45) is 0 Å². The highest BCUT2D eigenvalue weighted by molar-refractivity contribution is 5.95. The number of hydrogen-bond donors (Lipinski definition) is 3. The van der Waals surface area contributed by atoms with Crippen molar-refractivity contribution in [1.82, 2.24) is 20.3 Å². The third kappa shape index (κ3) is 1.94. The highest BCUT2D eigenvalue weighted by atomic mass is 16.3. The van der Waals surface area contributed by atoms with Gasteiger partial charge >= 0.3 is 0 Å². The summed E-state index contributed by atoms with van der Waals surface area (Å²) in [4.78, 5) is 12.7. The van der Waals surface area contributed by atoms with E-state index in [-0.39, 0.29) is 30.6 Å². The van der Waals surface area contributed by atoms with E-state index >= 15 is 0 Å². The van der Waals surface area contributed by atoms with Gasteiger partial charge in [0.15, 0.2) is 11.5 Å². The maximum atomic E-state index is 11.4. The lowest BCUT2D eigenvalue weighted by molar-refractivity contribution is 0.0762. The van der Waals surface area contributed by atoms with Crippen LogP contribution in [0.2, 0.25) is 0 Å². The summed E-state index contributed by atoms with van der Waals surface area (Å²) in [6.07, 6.45) is 0. The van der Waals surface area contributed by atoms with Crippen LogP contribution >= 0.6 is 0 Å². The molecule has 0 aliphatic heterocycles. The minimum Gasteiger partial charge on any atom is -0.395 e. The molecule has 0 aromatic carbocycles. The van der Waals surface area contributed by atoms with Crippen LogP contribution in [0.15, 0.2) is 0 Å². The molecule has 0 aliphatic rings. The summed E-state index contributed by atoms with van der Waals surface area (Å²) < 4.78 is 0. The number of aliphatic hydroxyl groups excluding tert-OH is 1. The van der Waals surface area contributed by atoms with E-state index < -0.39 is 0 Å². The summed E-state index contributed by atoms with van der Waals surface area (Å²) in [6.45, 7) is 0.144. The largest absolute Gasteiger partial charge is 0.395 e. The third-order valence-corrected chi connectivity index (χ3v) is 1.56. The molecule has 0 bridgehead atoms. The molecular formula is C6H11N5O2. The van der Waals surface area contributed by atoms with Crippen LogP contribution in [0.1, 0.15) is 10.5 Å². The van der Waals surface area contributed by atoms with Gasteiger partial charge in [-0.3, -0.25) is 4.79 Å². The predicted molar refractivity (Wildman–Crippen MR) is 44.8 cm³/mol. The number of nitrogens with one attached hydrogen (secondary N) is 1. The van der Waals surface area contributed by atoms with E-state index in [1.807, 2.05) is 0 Å². The van der Waals surface area contributed by atoms with Crippen molar-refractivity contribution < 1.29 is 9.90 Å². The molecule has 0 fully saturated rings. The minimum atomic E-state index is -0.361. The SMILES string of the molecule is CN(CCO)C(=O)c1n[nH]nc1N. The number of likely N-dealkylation sites (N-methyl/N-ethyl adjacent to an activating group) is 1. The average Bonchev–Trinajstić information content (AvgIpc) is 2.50. The molecule has 0 unspecified atom stereocenters. The fourth-order valence-corrected chi connectivity index (χ4v) is 0.829. The molecule has 1 rings (SSSR count). The first-order valence-electron chi connectivity index (χ1n) is 3.69. The van der Waals surface area contributed by atoms with Gasteiger partial charge in [-0.1, -0.05) is 0 Å². The summed E-state index contributed by atoms with van der Waals surface area (Å²) in [5.41, 5.74) is 5.44. The third-order valence-electron chi connectivity index (χ3n) is 1.56. The highest BCUT2D eigenvalue weighted by Gasteiger charge is 2.17. The van der Waals surface area contributed by atoms with E-state index in [4.69, 9.17) is 10.8 Å². The summed E-state index contributed by atoms with van der Waals surface area (Å²) in [7, 11) is 1.55. The van der Waals surface area contributed by atoms with Crippen LogP contribution in [0.4, 0.5) is 5.82 Å². The first-order valence-corrected chi connectivity index (χ1v) is 3.69. The predicted octanol–water partition coefficient (Wildman–Crippen LogP) is -1.55. The quantitative estimate of drug-likeness (QED) is 0.528. The van der Waals surface area contributed by atoms with E-state index in [2.05, 4.69) is 15.4 Å². The number of nitrogens with two attached hydrogens (primary N) is 1. The van der Waals surface area contributed by atoms with Gasteiger partial charge in [-0.2, -0.15) is 5.21 Å². The van der Waals surface area contributed by atoms with Crippen molar-refractivity contribution >= 4 is 11.7 Å². The van der Waals surface area contributed by atoms with Crippen molar-refractivity contribution in [3.8, 4) is 0 Å². The molecule has 0 spiro atoms. The number of aromatic amines is 1. The molecule has 7 heteroatoms. The molecule has 13 heavy (non-hydrogen) atoms. The number of anilines is 1.